The summed E-state index contributed by atoms with van der Waals surface area (Å²) in [6.07, 6.45) is 3.62. The van der Waals surface area contributed by atoms with Gasteiger partial charge < -0.3 is 15.2 Å². The predicted molar refractivity (Wildman–Crippen MR) is 64.9 cm³/mol. The molecule has 1 amide bonds. The highest BCUT2D eigenvalue weighted by atomic mass is 16.6. The van der Waals surface area contributed by atoms with Crippen molar-refractivity contribution in [3.05, 3.63) is 40.4 Å². The van der Waals surface area contributed by atoms with Crippen LogP contribution < -0.4 is 10.6 Å². The summed E-state index contributed by atoms with van der Waals surface area (Å²) < 4.78 is 4.57. The van der Waals surface area contributed by atoms with Crippen molar-refractivity contribution in [2.24, 2.45) is 0 Å². The zero-order valence-electron chi connectivity index (χ0n) is 9.78. The van der Waals surface area contributed by atoms with E-state index in [2.05, 4.69) is 25.3 Å². The molecular formula is C10H9N5O4. The van der Waals surface area contributed by atoms with Crippen LogP contribution in [0.15, 0.2) is 29.2 Å². The van der Waals surface area contributed by atoms with E-state index in [0.29, 0.717) is 5.69 Å². The van der Waals surface area contributed by atoms with Gasteiger partial charge in [0.05, 0.1) is 16.7 Å². The molecule has 0 spiro atoms. The van der Waals surface area contributed by atoms with Gasteiger partial charge >= 0.3 is 0 Å². The number of nitrogens with zero attached hydrogens (tertiary/aromatic N) is 3. The lowest BCUT2D eigenvalue weighted by Gasteiger charge is -2.07. The van der Waals surface area contributed by atoms with Crippen LogP contribution in [-0.2, 0) is 0 Å². The summed E-state index contributed by atoms with van der Waals surface area (Å²) in [4.78, 5) is 25.9. The lowest BCUT2D eigenvalue weighted by atomic mass is 10.2. The molecule has 0 unspecified atom stereocenters. The number of carbonyl (C=O) groups is 1. The van der Waals surface area contributed by atoms with Gasteiger partial charge in [0, 0.05) is 13.1 Å². The van der Waals surface area contributed by atoms with Gasteiger partial charge in [0.15, 0.2) is 0 Å². The third-order valence-corrected chi connectivity index (χ3v) is 2.26. The van der Waals surface area contributed by atoms with Crippen molar-refractivity contribution in [2.45, 2.75) is 0 Å². The topological polar surface area (TPSA) is 123 Å². The minimum absolute atomic E-state index is 0.0536. The van der Waals surface area contributed by atoms with Crippen LogP contribution in [0.2, 0.25) is 0 Å². The van der Waals surface area contributed by atoms with Gasteiger partial charge in [-0.1, -0.05) is 5.16 Å². The van der Waals surface area contributed by atoms with Crippen LogP contribution in [0.4, 0.5) is 17.2 Å². The molecule has 0 bridgehead atoms. The fraction of sp³-hybridized carbons (Fsp3) is 0.100. The predicted octanol–water partition coefficient (Wildman–Crippen LogP) is 1.27. The number of rotatable bonds is 4. The van der Waals surface area contributed by atoms with Crippen molar-refractivity contribution in [1.29, 1.82) is 0 Å². The molecule has 9 heteroatoms. The van der Waals surface area contributed by atoms with Crippen LogP contribution in [-0.4, -0.2) is 28.0 Å². The Balaban J connectivity index is 2.33. The van der Waals surface area contributed by atoms with Gasteiger partial charge in [0.25, 0.3) is 11.6 Å². The minimum atomic E-state index is -0.622. The molecular weight excluding hydrogens is 254 g/mol. The van der Waals surface area contributed by atoms with E-state index >= 15 is 0 Å². The number of amides is 1. The Morgan fingerprint density at radius 2 is 2.26 bits per heavy atom. The summed E-state index contributed by atoms with van der Waals surface area (Å²) in [6.45, 7) is 0. The van der Waals surface area contributed by atoms with Gasteiger partial charge in [-0.3, -0.25) is 14.9 Å². The number of carbonyl (C=O) groups excluding carboxylic acids is 1. The van der Waals surface area contributed by atoms with Gasteiger partial charge in [-0.05, 0) is 0 Å². The van der Waals surface area contributed by atoms with E-state index in [0.717, 1.165) is 12.3 Å². The molecule has 2 N–H and O–H groups in total. The molecule has 0 atom stereocenters. The van der Waals surface area contributed by atoms with E-state index in [1.54, 1.807) is 7.05 Å². The van der Waals surface area contributed by atoms with Crippen LogP contribution in [0.1, 0.15) is 10.4 Å². The number of pyridine rings is 1. The van der Waals surface area contributed by atoms with Crippen LogP contribution >= 0.6 is 0 Å². The van der Waals surface area contributed by atoms with Crippen molar-refractivity contribution in [3.63, 3.8) is 0 Å². The molecule has 98 valence electrons. The van der Waals surface area contributed by atoms with Gasteiger partial charge in [0.1, 0.15) is 24.0 Å². The third kappa shape index (κ3) is 2.65. The third-order valence-electron chi connectivity index (χ3n) is 2.26. The summed E-state index contributed by atoms with van der Waals surface area (Å²) in [5.41, 5.74) is 0.130. The standard InChI is InChI=1S/C10H9N5O4/c1-11-9-8(2-7(4-12-9)15(17)18)10(16)14-6-3-13-19-5-6/h2-5H,1H3,(H,11,12)(H,14,16). The van der Waals surface area contributed by atoms with Gasteiger partial charge in [-0.25, -0.2) is 4.98 Å². The SMILES string of the molecule is CNc1ncc([N+](=O)[O-])cc1C(=O)Nc1cnoc1. The normalized spacial score (nSPS) is 9.95. The van der Waals surface area contributed by atoms with Crippen molar-refractivity contribution < 1.29 is 14.2 Å². The minimum Gasteiger partial charge on any atom is -0.372 e. The number of hydrogen-bond acceptors (Lipinski definition) is 7. The van der Waals surface area contributed by atoms with E-state index in [9.17, 15) is 14.9 Å². The summed E-state index contributed by atoms with van der Waals surface area (Å²) in [7, 11) is 1.56. The molecule has 2 aromatic rings. The molecule has 9 nitrogen and oxygen atoms in total. The van der Waals surface area contributed by atoms with E-state index in [-0.39, 0.29) is 17.1 Å². The Kier molecular flexibility index (Phi) is 3.37. The van der Waals surface area contributed by atoms with Crippen LogP contribution in [0.5, 0.6) is 0 Å². The lowest BCUT2D eigenvalue weighted by molar-refractivity contribution is -0.385. The average Bonchev–Trinajstić information content (AvgIpc) is 2.90. The van der Waals surface area contributed by atoms with Gasteiger partial charge in [0.2, 0.25) is 0 Å². The van der Waals surface area contributed by atoms with Crippen LogP contribution in [0.25, 0.3) is 0 Å². The summed E-state index contributed by atoms with van der Waals surface area (Å²) in [5, 5.41) is 19.3. The molecule has 0 radical (unpaired) electrons. The second-order valence-corrected chi connectivity index (χ2v) is 3.46. The van der Waals surface area contributed by atoms with E-state index in [1.165, 1.54) is 12.5 Å². The molecule has 0 aliphatic heterocycles. The van der Waals surface area contributed by atoms with E-state index in [1.807, 2.05) is 0 Å². The summed E-state index contributed by atoms with van der Waals surface area (Å²) >= 11 is 0. The smallest absolute Gasteiger partial charge is 0.288 e. The second kappa shape index (κ2) is 5.12. The first-order chi connectivity index (χ1) is 9.11. The number of anilines is 2. The molecule has 0 saturated heterocycles. The Morgan fingerprint density at radius 3 is 2.84 bits per heavy atom. The maximum absolute atomic E-state index is 12.0. The highest BCUT2D eigenvalue weighted by Gasteiger charge is 2.18. The summed E-state index contributed by atoms with van der Waals surface area (Å²) in [5.74, 6) is -0.316. The lowest BCUT2D eigenvalue weighted by Crippen LogP contribution is -2.15. The molecule has 0 aliphatic carbocycles. The zero-order chi connectivity index (χ0) is 13.8. The maximum Gasteiger partial charge on any atom is 0.288 e. The van der Waals surface area contributed by atoms with Crippen molar-refractivity contribution >= 4 is 23.1 Å². The molecule has 0 saturated carbocycles. The highest BCUT2D eigenvalue weighted by Crippen LogP contribution is 2.20. The molecule has 19 heavy (non-hydrogen) atoms. The molecule has 0 aliphatic rings. The highest BCUT2D eigenvalue weighted by molar-refractivity contribution is 6.07. The van der Waals surface area contributed by atoms with Crippen molar-refractivity contribution in [2.75, 3.05) is 17.7 Å². The average molecular weight is 263 g/mol. The van der Waals surface area contributed by atoms with Gasteiger partial charge in [-0.15, -0.1) is 0 Å². The Hall–Kier alpha value is -2.97. The Labute approximate surface area is 106 Å². The van der Waals surface area contributed by atoms with E-state index < -0.39 is 10.8 Å². The fourth-order valence-corrected chi connectivity index (χ4v) is 1.39. The van der Waals surface area contributed by atoms with Crippen molar-refractivity contribution in [1.82, 2.24) is 10.1 Å². The second-order valence-electron chi connectivity index (χ2n) is 3.46. The first-order valence-electron chi connectivity index (χ1n) is 5.14. The molecule has 2 rings (SSSR count). The van der Waals surface area contributed by atoms with Crippen LogP contribution in [0, 0.1) is 10.1 Å². The maximum atomic E-state index is 12.0. The zero-order valence-corrected chi connectivity index (χ0v) is 9.78. The van der Waals surface area contributed by atoms with Crippen LogP contribution in [0.3, 0.4) is 0 Å². The molecule has 0 aromatic carbocycles. The number of nitro groups is 1. The van der Waals surface area contributed by atoms with Gasteiger partial charge in [-0.2, -0.15) is 0 Å². The number of hydrogen-bond donors (Lipinski definition) is 2. The fourth-order valence-electron chi connectivity index (χ4n) is 1.39. The largest absolute Gasteiger partial charge is 0.372 e. The van der Waals surface area contributed by atoms with E-state index in [4.69, 9.17) is 0 Å². The number of nitrogens with one attached hydrogen (secondary N) is 2. The monoisotopic (exact) mass is 263 g/mol. The first-order valence-corrected chi connectivity index (χ1v) is 5.14. The molecule has 0 fully saturated rings. The Morgan fingerprint density at radius 1 is 1.47 bits per heavy atom. The Bertz CT molecular complexity index is 610. The molecule has 2 heterocycles. The van der Waals surface area contributed by atoms with Crippen molar-refractivity contribution in [3.8, 4) is 0 Å². The first kappa shape index (κ1) is 12.5. The quantitative estimate of drug-likeness (QED) is 0.628. The summed E-state index contributed by atoms with van der Waals surface area (Å²) in [6, 6.07) is 1.14. The number of aromatic nitrogens is 2. The molecule has 2 aromatic heterocycles.